The third-order valence-corrected chi connectivity index (χ3v) is 8.71. The number of anilines is 1. The van der Waals surface area contributed by atoms with E-state index in [1.165, 1.54) is 39.0 Å². The van der Waals surface area contributed by atoms with Gasteiger partial charge in [0.1, 0.15) is 12.1 Å². The van der Waals surface area contributed by atoms with Crippen molar-refractivity contribution in [1.29, 1.82) is 0 Å². The van der Waals surface area contributed by atoms with E-state index in [9.17, 15) is 24.3 Å². The number of nitrogens with one attached hydrogen (secondary N) is 3. The van der Waals surface area contributed by atoms with E-state index in [0.29, 0.717) is 59.0 Å². The third kappa shape index (κ3) is 8.37. The number of aryl methyl sites for hydroxylation is 1. The van der Waals surface area contributed by atoms with Crippen LogP contribution in [0.3, 0.4) is 0 Å². The maximum atomic E-state index is 13.8. The summed E-state index contributed by atoms with van der Waals surface area (Å²) in [4.78, 5) is 51.8. The highest BCUT2D eigenvalue weighted by Gasteiger charge is 2.30. The summed E-state index contributed by atoms with van der Waals surface area (Å²) >= 11 is 1.53. The molecule has 0 aliphatic heterocycles. The Morgan fingerprint density at radius 1 is 0.979 bits per heavy atom. The fraction of sp³-hybridized carbons (Fsp3) is 0.371. The van der Waals surface area contributed by atoms with Crippen LogP contribution in [-0.2, 0) is 27.2 Å². The number of benzene rings is 2. The number of hydrogen-bond acceptors (Lipinski definition) is 9. The maximum absolute atomic E-state index is 13.8. The molecule has 2 amide bonds. The Kier molecular flexibility index (Phi) is 12.1. The largest absolute Gasteiger partial charge is 0.493 e. The first-order valence-electron chi connectivity index (χ1n) is 15.2. The van der Waals surface area contributed by atoms with Gasteiger partial charge in [-0.25, -0.2) is 4.79 Å². The van der Waals surface area contributed by atoms with Gasteiger partial charge in [-0.1, -0.05) is 36.4 Å². The summed E-state index contributed by atoms with van der Waals surface area (Å²) in [6.45, 7) is 1.43. The minimum atomic E-state index is -1.16. The molecular weight excluding hydrogens is 622 g/mol. The second-order valence-electron chi connectivity index (χ2n) is 11.2. The lowest BCUT2D eigenvalue weighted by atomic mass is 9.95. The summed E-state index contributed by atoms with van der Waals surface area (Å²) < 4.78 is 17.1. The molecule has 47 heavy (non-hydrogen) atoms. The van der Waals surface area contributed by atoms with Crippen LogP contribution >= 0.6 is 11.8 Å². The predicted molar refractivity (Wildman–Crippen MR) is 183 cm³/mol. The summed E-state index contributed by atoms with van der Waals surface area (Å²) in [5.41, 5.74) is 3.35. The summed E-state index contributed by atoms with van der Waals surface area (Å²) in [6.07, 6.45) is 3.40. The highest BCUT2D eigenvalue weighted by Crippen LogP contribution is 2.50. The Hall–Kier alpha value is -4.71. The van der Waals surface area contributed by atoms with Crippen LogP contribution in [0.25, 0.3) is 11.1 Å². The van der Waals surface area contributed by atoms with Crippen LogP contribution < -0.4 is 35.6 Å². The number of rotatable bonds is 14. The number of amides is 2. The number of carboxylic acid groups (broad SMARTS) is 1. The van der Waals surface area contributed by atoms with Crippen molar-refractivity contribution >= 4 is 35.2 Å². The third-order valence-electron chi connectivity index (χ3n) is 8.07. The molecule has 0 bridgehead atoms. The Labute approximate surface area is 278 Å². The molecule has 250 valence electrons. The average Bonchev–Trinajstić information content (AvgIpc) is 3.30. The number of carbonyl (C=O) groups excluding carboxylic acids is 2. The first-order chi connectivity index (χ1) is 22.6. The molecule has 4 N–H and O–H groups in total. The number of hydrogen-bond donors (Lipinski definition) is 4. The molecule has 1 aliphatic carbocycles. The van der Waals surface area contributed by atoms with Crippen LogP contribution in [0.15, 0.2) is 59.4 Å². The Balaban J connectivity index is 1.78. The number of carboxylic acids is 1. The molecule has 0 unspecified atom stereocenters. The SMILES string of the molecule is COc1cc2c(c(OC)c1OC)-c1ccc(N[C@H](CCSC)C(=O)N[C@H](Cc3ccccc3)C(=O)O)c(=O)cc1[C@H](NC(C)=O)CC2. The quantitative estimate of drug-likeness (QED) is 0.197. The fourth-order valence-corrected chi connectivity index (χ4v) is 6.31. The summed E-state index contributed by atoms with van der Waals surface area (Å²) in [7, 11) is 4.58. The molecule has 0 radical (unpaired) electrons. The van der Waals surface area contributed by atoms with Crippen molar-refractivity contribution in [2.75, 3.05) is 38.7 Å². The van der Waals surface area contributed by atoms with Crippen LogP contribution in [0.2, 0.25) is 0 Å². The summed E-state index contributed by atoms with van der Waals surface area (Å²) in [6, 6.07) is 13.2. The zero-order chi connectivity index (χ0) is 34.1. The van der Waals surface area contributed by atoms with Gasteiger partial charge < -0.3 is 35.3 Å². The van der Waals surface area contributed by atoms with Gasteiger partial charge in [-0.2, -0.15) is 11.8 Å². The van der Waals surface area contributed by atoms with Gasteiger partial charge in [0.2, 0.25) is 23.0 Å². The normalized spacial score (nSPS) is 14.7. The van der Waals surface area contributed by atoms with Crippen LogP contribution in [0.1, 0.15) is 42.5 Å². The van der Waals surface area contributed by atoms with Gasteiger partial charge in [0.15, 0.2) is 11.5 Å². The van der Waals surface area contributed by atoms with E-state index < -0.39 is 35.4 Å². The van der Waals surface area contributed by atoms with Gasteiger partial charge >= 0.3 is 5.97 Å². The summed E-state index contributed by atoms with van der Waals surface area (Å²) in [5, 5.41) is 18.6. The molecule has 0 spiro atoms. The summed E-state index contributed by atoms with van der Waals surface area (Å²) in [5.74, 6) is -0.0453. The van der Waals surface area contributed by atoms with E-state index >= 15 is 0 Å². The highest BCUT2D eigenvalue weighted by molar-refractivity contribution is 7.98. The molecule has 0 aromatic heterocycles. The zero-order valence-corrected chi connectivity index (χ0v) is 28.0. The zero-order valence-electron chi connectivity index (χ0n) is 27.2. The standard InChI is InChI=1S/C35H41N3O8S/c1-20(39)36-25-13-11-22-18-30(44-2)32(45-3)33(46-4)31(22)23-12-14-26(29(40)19-24(23)25)37-27(15-16-47-5)34(41)38-28(35(42)43)17-21-9-7-6-8-10-21/h6-10,12,14,18-19,25,27-28H,11,13,15-17H2,1-5H3,(H,36,39)(H,37,40)(H,38,41)(H,42,43)/t25-,27-,28-/m1/s1. The number of aliphatic carboxylic acids is 1. The van der Waals surface area contributed by atoms with E-state index in [1.54, 1.807) is 31.4 Å². The number of ether oxygens (including phenoxy) is 3. The molecule has 1 aliphatic rings. The minimum Gasteiger partial charge on any atom is -0.493 e. The van der Waals surface area contributed by atoms with E-state index in [4.69, 9.17) is 14.2 Å². The van der Waals surface area contributed by atoms with Gasteiger partial charge in [0, 0.05) is 18.9 Å². The van der Waals surface area contributed by atoms with Gasteiger partial charge in [0.25, 0.3) is 0 Å². The number of fused-ring (bicyclic) bond motifs is 3. The van der Waals surface area contributed by atoms with Gasteiger partial charge in [-0.15, -0.1) is 0 Å². The molecule has 4 rings (SSSR count). The highest BCUT2D eigenvalue weighted by atomic mass is 32.2. The number of carbonyl (C=O) groups is 3. The van der Waals surface area contributed by atoms with Crippen molar-refractivity contribution < 1.29 is 33.7 Å². The van der Waals surface area contributed by atoms with Crippen LogP contribution in [0.4, 0.5) is 5.69 Å². The van der Waals surface area contributed by atoms with Crippen molar-refractivity contribution in [3.63, 3.8) is 0 Å². The minimum absolute atomic E-state index is 0.108. The van der Waals surface area contributed by atoms with Crippen LogP contribution in [0, 0.1) is 0 Å². The molecule has 0 fully saturated rings. The molecule has 3 atom stereocenters. The van der Waals surface area contributed by atoms with Crippen molar-refractivity contribution in [2.45, 2.75) is 50.7 Å². The maximum Gasteiger partial charge on any atom is 0.326 e. The first kappa shape index (κ1) is 35.1. The lowest BCUT2D eigenvalue weighted by Gasteiger charge is -2.22. The molecule has 0 heterocycles. The molecule has 12 heteroatoms. The lowest BCUT2D eigenvalue weighted by molar-refractivity contribution is -0.141. The smallest absolute Gasteiger partial charge is 0.326 e. The molecule has 3 aromatic carbocycles. The average molecular weight is 664 g/mol. The van der Waals surface area contributed by atoms with Gasteiger partial charge in [-0.3, -0.25) is 14.4 Å². The topological polar surface area (TPSA) is 152 Å². The second kappa shape index (κ2) is 16.2. The fourth-order valence-electron chi connectivity index (χ4n) is 5.84. The van der Waals surface area contributed by atoms with Crippen LogP contribution in [-0.4, -0.2) is 68.3 Å². The van der Waals surface area contributed by atoms with Crippen molar-refractivity contribution in [3.8, 4) is 28.4 Å². The van der Waals surface area contributed by atoms with E-state index in [1.807, 2.05) is 30.5 Å². The van der Waals surface area contributed by atoms with Crippen molar-refractivity contribution in [3.05, 3.63) is 81.5 Å². The van der Waals surface area contributed by atoms with E-state index in [-0.39, 0.29) is 18.0 Å². The number of methoxy groups -OCH3 is 3. The monoisotopic (exact) mass is 663 g/mol. The molecule has 0 saturated carbocycles. The Bertz CT molecular complexity index is 1670. The Morgan fingerprint density at radius 2 is 1.70 bits per heavy atom. The molecule has 0 saturated heterocycles. The van der Waals surface area contributed by atoms with Gasteiger partial charge in [-0.05, 0) is 71.7 Å². The second-order valence-corrected chi connectivity index (χ2v) is 12.1. The predicted octanol–water partition coefficient (Wildman–Crippen LogP) is 4.21. The first-order valence-corrected chi connectivity index (χ1v) is 16.6. The van der Waals surface area contributed by atoms with Crippen LogP contribution in [0.5, 0.6) is 17.2 Å². The molecule has 11 nitrogen and oxygen atoms in total. The molecular formula is C35H41N3O8S. The Morgan fingerprint density at radius 3 is 2.32 bits per heavy atom. The van der Waals surface area contributed by atoms with Crippen molar-refractivity contribution in [1.82, 2.24) is 10.6 Å². The van der Waals surface area contributed by atoms with Gasteiger partial charge in [0.05, 0.1) is 33.1 Å². The van der Waals surface area contributed by atoms with E-state index in [2.05, 4.69) is 16.0 Å². The van der Waals surface area contributed by atoms with E-state index in [0.717, 1.165) is 11.1 Å². The van der Waals surface area contributed by atoms with Crippen molar-refractivity contribution in [2.24, 2.45) is 0 Å². The lowest BCUT2D eigenvalue weighted by Crippen LogP contribution is -2.49. The molecule has 3 aromatic rings. The number of thioether (sulfide) groups is 1.